The monoisotopic (exact) mass is 785 g/mol. The zero-order valence-electron chi connectivity index (χ0n) is 35.7. The first kappa shape index (κ1) is 37.9. The second-order valence-corrected chi connectivity index (χ2v) is 25.0. The first-order valence-electron chi connectivity index (χ1n) is 22.9. The molecule has 6 aromatic rings. The Bertz CT molecular complexity index is 2540. The lowest BCUT2D eigenvalue weighted by Crippen LogP contribution is -2.54. The number of furan rings is 1. The highest BCUT2D eigenvalue weighted by atomic mass is 28.3. The number of rotatable bonds is 6. The highest BCUT2D eigenvalue weighted by Gasteiger charge is 2.44. The molecule has 6 heterocycles. The van der Waals surface area contributed by atoms with Crippen LogP contribution in [0.2, 0.25) is 19.6 Å². The van der Waals surface area contributed by atoms with Gasteiger partial charge in [0.25, 0.3) is 0 Å². The van der Waals surface area contributed by atoms with E-state index in [-0.39, 0.29) is 6.04 Å². The Morgan fingerprint density at radius 1 is 0.793 bits per heavy atom. The third kappa shape index (κ3) is 6.70. The molecule has 2 atom stereocenters. The Labute approximate surface area is 347 Å². The van der Waals surface area contributed by atoms with Crippen LogP contribution in [0.1, 0.15) is 130 Å². The van der Waals surface area contributed by atoms with E-state index in [2.05, 4.69) is 110 Å². The van der Waals surface area contributed by atoms with E-state index >= 15 is 0 Å². The SMILES string of the molecule is C=C1CC2C(CCc3ccc4c(oc5ncccc54)c3-c3cc(CC4CCCC4)c(C(C)C)c[n+]31)c1ccccc1-c1cc(CC3CCCCC3)c([Si](C)(C)C)c[n+]12. The maximum atomic E-state index is 6.83. The number of pyridine rings is 3. The summed E-state index contributed by atoms with van der Waals surface area (Å²) in [5, 5.41) is 3.89. The number of allylic oxidation sites excluding steroid dienone is 1. The number of aromatic nitrogens is 3. The van der Waals surface area contributed by atoms with Gasteiger partial charge in [0.2, 0.25) is 17.1 Å². The molecule has 2 fully saturated rings. The summed E-state index contributed by atoms with van der Waals surface area (Å²) < 4.78 is 12.1. The highest BCUT2D eigenvalue weighted by Crippen LogP contribution is 2.46. The van der Waals surface area contributed by atoms with Crippen LogP contribution in [0.5, 0.6) is 0 Å². The smallest absolute Gasteiger partial charge is 0.227 e. The van der Waals surface area contributed by atoms with E-state index in [1.165, 1.54) is 109 Å². The molecule has 4 nitrogen and oxygen atoms in total. The van der Waals surface area contributed by atoms with Crippen LogP contribution in [0.3, 0.4) is 0 Å². The fraction of sp³-hybridized carbons (Fsp3) is 0.453. The van der Waals surface area contributed by atoms with E-state index in [0.29, 0.717) is 17.5 Å². The van der Waals surface area contributed by atoms with Crippen LogP contribution in [0.25, 0.3) is 50.3 Å². The summed E-state index contributed by atoms with van der Waals surface area (Å²) in [7, 11) is -1.68. The summed E-state index contributed by atoms with van der Waals surface area (Å²) in [6.07, 6.45) is 24.7. The summed E-state index contributed by atoms with van der Waals surface area (Å²) >= 11 is 0. The number of fused-ring (bicyclic) bond motifs is 13. The van der Waals surface area contributed by atoms with E-state index in [1.807, 2.05) is 12.3 Å². The van der Waals surface area contributed by atoms with E-state index < -0.39 is 8.07 Å². The minimum atomic E-state index is -1.68. The van der Waals surface area contributed by atoms with Crippen molar-refractivity contribution in [2.75, 3.05) is 0 Å². The first-order valence-corrected chi connectivity index (χ1v) is 26.4. The average molecular weight is 786 g/mol. The Balaban J connectivity index is 1.18. The van der Waals surface area contributed by atoms with Gasteiger partial charge in [0, 0.05) is 51.3 Å². The maximum Gasteiger partial charge on any atom is 0.227 e. The first-order chi connectivity index (χ1) is 28.1. The third-order valence-corrected chi connectivity index (χ3v) is 16.9. The minimum absolute atomic E-state index is 0.262. The molecule has 2 aromatic carbocycles. The van der Waals surface area contributed by atoms with Crippen molar-refractivity contribution in [1.82, 2.24) is 4.98 Å². The molecule has 298 valence electrons. The molecule has 2 aliphatic heterocycles. The van der Waals surface area contributed by atoms with Crippen LogP contribution in [-0.2, 0) is 19.3 Å². The number of nitrogens with zero attached hydrogens (tertiary/aromatic N) is 3. The fourth-order valence-corrected chi connectivity index (χ4v) is 13.5. The van der Waals surface area contributed by atoms with E-state index in [1.54, 1.807) is 10.8 Å². The van der Waals surface area contributed by atoms with E-state index in [0.717, 1.165) is 59.6 Å². The summed E-state index contributed by atoms with van der Waals surface area (Å²) in [6.45, 7) is 17.5. The third-order valence-electron chi connectivity index (χ3n) is 14.8. The van der Waals surface area contributed by atoms with Crippen LogP contribution in [-0.4, -0.2) is 13.1 Å². The van der Waals surface area contributed by atoms with Crippen molar-refractivity contribution >= 4 is 41.0 Å². The molecule has 0 N–H and O–H groups in total. The Morgan fingerprint density at radius 3 is 2.28 bits per heavy atom. The van der Waals surface area contributed by atoms with Crippen LogP contribution < -0.4 is 14.3 Å². The van der Waals surface area contributed by atoms with Gasteiger partial charge in [-0.3, -0.25) is 0 Å². The van der Waals surface area contributed by atoms with Gasteiger partial charge in [-0.15, -0.1) is 0 Å². The number of hydrogen-bond acceptors (Lipinski definition) is 2. The molecular formula is C53H63N3OSi+2. The van der Waals surface area contributed by atoms with Gasteiger partial charge in [-0.05, 0) is 90.5 Å². The predicted molar refractivity (Wildman–Crippen MR) is 242 cm³/mol. The van der Waals surface area contributed by atoms with E-state index in [9.17, 15) is 0 Å². The van der Waals surface area contributed by atoms with E-state index in [4.69, 9.17) is 16.0 Å². The lowest BCUT2D eigenvalue weighted by atomic mass is 9.76. The summed E-state index contributed by atoms with van der Waals surface area (Å²) in [5.41, 5.74) is 15.6. The van der Waals surface area contributed by atoms with Gasteiger partial charge in [-0.2, -0.15) is 9.13 Å². The van der Waals surface area contributed by atoms with Crippen molar-refractivity contribution in [2.45, 2.75) is 141 Å². The lowest BCUT2D eigenvalue weighted by Gasteiger charge is -2.33. The Kier molecular flexibility index (Phi) is 9.82. The van der Waals surface area contributed by atoms with Crippen LogP contribution in [0.4, 0.5) is 0 Å². The van der Waals surface area contributed by atoms with Gasteiger partial charge < -0.3 is 4.42 Å². The van der Waals surface area contributed by atoms with Gasteiger partial charge in [0.15, 0.2) is 29.7 Å². The molecule has 2 saturated carbocycles. The molecule has 2 aliphatic carbocycles. The predicted octanol–water partition coefficient (Wildman–Crippen LogP) is 12.6. The molecule has 0 spiro atoms. The average Bonchev–Trinajstić information content (AvgIpc) is 3.87. The van der Waals surface area contributed by atoms with Gasteiger partial charge in [0.1, 0.15) is 0 Å². The maximum absolute atomic E-state index is 6.83. The van der Waals surface area contributed by atoms with Crippen LogP contribution >= 0.6 is 0 Å². The topological polar surface area (TPSA) is 33.8 Å². The normalized spacial score (nSPS) is 20.2. The second kappa shape index (κ2) is 15.0. The van der Waals surface area contributed by atoms with Crippen molar-refractivity contribution in [3.8, 4) is 22.5 Å². The molecule has 5 heteroatoms. The second-order valence-electron chi connectivity index (χ2n) is 20.0. The Hall–Kier alpha value is -4.35. The van der Waals surface area contributed by atoms with Gasteiger partial charge >= 0.3 is 0 Å². The van der Waals surface area contributed by atoms with Crippen molar-refractivity contribution < 1.29 is 13.6 Å². The molecule has 0 bridgehead atoms. The summed E-state index contributed by atoms with van der Waals surface area (Å²) in [4.78, 5) is 4.71. The van der Waals surface area contributed by atoms with Gasteiger partial charge in [0.05, 0.1) is 20.1 Å². The van der Waals surface area contributed by atoms with Crippen molar-refractivity contribution in [2.24, 2.45) is 11.8 Å². The molecular weight excluding hydrogens is 723 g/mol. The number of aryl methyl sites for hydroxylation is 1. The fourth-order valence-electron chi connectivity index (χ4n) is 11.8. The quantitative estimate of drug-likeness (QED) is 0.124. The lowest BCUT2D eigenvalue weighted by molar-refractivity contribution is -0.719. The molecule has 2 unspecified atom stereocenters. The van der Waals surface area contributed by atoms with Crippen LogP contribution in [0.15, 0.2) is 90.3 Å². The molecule has 4 aliphatic rings. The largest absolute Gasteiger partial charge is 0.437 e. The molecule has 58 heavy (non-hydrogen) atoms. The molecule has 0 amide bonds. The number of hydrogen-bond donors (Lipinski definition) is 0. The summed E-state index contributed by atoms with van der Waals surface area (Å²) in [5.74, 6) is 2.32. The van der Waals surface area contributed by atoms with Crippen molar-refractivity contribution in [3.63, 3.8) is 0 Å². The van der Waals surface area contributed by atoms with Crippen molar-refractivity contribution in [1.29, 1.82) is 0 Å². The molecule has 0 saturated heterocycles. The number of benzene rings is 2. The highest BCUT2D eigenvalue weighted by molar-refractivity contribution is 6.89. The molecule has 0 radical (unpaired) electrons. The zero-order valence-corrected chi connectivity index (χ0v) is 36.7. The van der Waals surface area contributed by atoms with Gasteiger partial charge in [-0.1, -0.05) is 122 Å². The zero-order chi connectivity index (χ0) is 39.7. The van der Waals surface area contributed by atoms with Crippen molar-refractivity contribution in [3.05, 3.63) is 114 Å². The standard InChI is InChI=1S/C53H63N3OSi/c1-34(2)46-32-55-35(3)27-47-43(41-19-12-13-20-42(41)48-31-40(29-37-15-8-7-9-16-37)50(33-56(47)48)58(4,5)6)24-22-38-23-25-44-45-21-14-26-54-53(45)57-52(44)51(38)49(55)30-39(46)28-36-17-10-11-18-36/h12-14,19-21,23,25-26,30-34,36-37,43,47H,3,7-11,15-18,22,24,27-29H2,1-2,4-6H3/q+2. The van der Waals surface area contributed by atoms with Gasteiger partial charge in [-0.25, -0.2) is 4.98 Å². The minimum Gasteiger partial charge on any atom is -0.437 e. The molecule has 4 aromatic heterocycles. The van der Waals surface area contributed by atoms with Crippen LogP contribution in [0, 0.1) is 11.8 Å². The Morgan fingerprint density at radius 2 is 1.52 bits per heavy atom. The molecule has 10 rings (SSSR count). The summed E-state index contributed by atoms with van der Waals surface area (Å²) in [6, 6.07) is 23.8.